The molecule has 73 heavy (non-hydrogen) atoms. The van der Waals surface area contributed by atoms with Gasteiger partial charge in [0.2, 0.25) is 6.71 Å². The molecule has 0 unspecified atom stereocenters. The smallest absolute Gasteiger partial charge is 0.252 e. The SMILES string of the molecule is CC(C)(C)c1ccc2c(c1)B1c3ccccc3Sc3c1c1c4c(c3-c3c(-c5ccccc5)cccc3-c3ccccc3)N(c3c(F)cccc3F)c3ccc(C(C)(C)C)cc3B4c3cc(C(C)(C)C)ccc3N21. The molecule has 0 bridgehead atoms. The van der Waals surface area contributed by atoms with Crippen LogP contribution in [0.15, 0.2) is 186 Å². The number of rotatable bonds is 4. The molecule has 0 amide bonds. The summed E-state index contributed by atoms with van der Waals surface area (Å²) < 4.78 is 35.1. The number of para-hydroxylation sites is 1. The molecule has 4 aliphatic rings. The van der Waals surface area contributed by atoms with E-state index in [0.717, 1.165) is 83.2 Å². The summed E-state index contributed by atoms with van der Waals surface area (Å²) in [7, 11) is 0. The molecular formula is C66H56B2F2N2S. The molecule has 2 nitrogen and oxygen atoms in total. The van der Waals surface area contributed by atoms with Gasteiger partial charge in [0.1, 0.15) is 17.3 Å². The highest BCUT2D eigenvalue weighted by Crippen LogP contribution is 2.57. The van der Waals surface area contributed by atoms with Gasteiger partial charge in [-0.15, -0.1) is 0 Å². The van der Waals surface area contributed by atoms with Gasteiger partial charge in [0, 0.05) is 43.7 Å². The Hall–Kier alpha value is -7.08. The fourth-order valence-electron chi connectivity index (χ4n) is 12.3. The van der Waals surface area contributed by atoms with Crippen molar-refractivity contribution in [3.05, 3.63) is 204 Å². The maximum Gasteiger partial charge on any atom is 0.252 e. The monoisotopic (exact) mass is 968 g/mol. The maximum absolute atomic E-state index is 17.6. The predicted octanol–water partition coefficient (Wildman–Crippen LogP) is 14.2. The highest BCUT2D eigenvalue weighted by atomic mass is 32.2. The van der Waals surface area contributed by atoms with E-state index >= 15 is 8.78 Å². The van der Waals surface area contributed by atoms with Gasteiger partial charge in [-0.05, 0) is 119 Å². The Morgan fingerprint density at radius 1 is 0.384 bits per heavy atom. The van der Waals surface area contributed by atoms with Gasteiger partial charge < -0.3 is 9.80 Å². The van der Waals surface area contributed by atoms with Gasteiger partial charge in [-0.3, -0.25) is 0 Å². The number of anilines is 6. The van der Waals surface area contributed by atoms with Crippen molar-refractivity contribution in [2.75, 3.05) is 9.80 Å². The van der Waals surface area contributed by atoms with Gasteiger partial charge in [0.05, 0.1) is 5.69 Å². The lowest BCUT2D eigenvalue weighted by Gasteiger charge is -2.51. The number of benzene rings is 9. The van der Waals surface area contributed by atoms with E-state index in [4.69, 9.17) is 0 Å². The zero-order valence-corrected chi connectivity index (χ0v) is 43.8. The second kappa shape index (κ2) is 16.2. The van der Waals surface area contributed by atoms with Gasteiger partial charge >= 0.3 is 0 Å². The quantitative estimate of drug-likeness (QED) is 0.162. The average Bonchev–Trinajstić information content (AvgIpc) is 3.38. The summed E-state index contributed by atoms with van der Waals surface area (Å²) in [6.07, 6.45) is 0. The van der Waals surface area contributed by atoms with Gasteiger partial charge in [0.25, 0.3) is 6.71 Å². The molecule has 0 N–H and O–H groups in total. The Kier molecular flexibility index (Phi) is 10.2. The predicted molar refractivity (Wildman–Crippen MR) is 308 cm³/mol. The van der Waals surface area contributed by atoms with Crippen LogP contribution in [0.25, 0.3) is 33.4 Å². The van der Waals surface area contributed by atoms with E-state index < -0.39 is 11.6 Å². The molecule has 7 heteroatoms. The molecule has 0 aromatic heterocycles. The average molecular weight is 969 g/mol. The molecule has 356 valence electrons. The third-order valence-electron chi connectivity index (χ3n) is 15.9. The largest absolute Gasteiger partial charge is 0.312 e. The van der Waals surface area contributed by atoms with Gasteiger partial charge in [-0.25, -0.2) is 8.78 Å². The van der Waals surface area contributed by atoms with Crippen LogP contribution in [-0.4, -0.2) is 13.4 Å². The summed E-state index contributed by atoms with van der Waals surface area (Å²) in [5.41, 5.74) is 21.3. The fourth-order valence-corrected chi connectivity index (χ4v) is 13.6. The molecular weight excluding hydrogens is 912 g/mol. The summed E-state index contributed by atoms with van der Waals surface area (Å²) in [4.78, 5) is 6.80. The fraction of sp³-hybridized carbons (Fsp3) is 0.182. The van der Waals surface area contributed by atoms with Crippen molar-refractivity contribution in [3.63, 3.8) is 0 Å². The minimum Gasteiger partial charge on any atom is -0.312 e. The van der Waals surface area contributed by atoms with Crippen LogP contribution in [0.4, 0.5) is 42.9 Å². The molecule has 0 atom stereocenters. The Balaban J connectivity index is 1.32. The lowest BCUT2D eigenvalue weighted by atomic mass is 9.29. The van der Waals surface area contributed by atoms with Crippen molar-refractivity contribution in [3.8, 4) is 33.4 Å². The first-order valence-electron chi connectivity index (χ1n) is 25.7. The van der Waals surface area contributed by atoms with Crippen LogP contribution in [-0.2, 0) is 16.2 Å². The second-order valence-corrected chi connectivity index (χ2v) is 24.6. The van der Waals surface area contributed by atoms with Crippen LogP contribution in [0.2, 0.25) is 0 Å². The number of hydrogen-bond acceptors (Lipinski definition) is 3. The molecule has 0 spiro atoms. The van der Waals surface area contributed by atoms with Crippen molar-refractivity contribution in [1.82, 2.24) is 0 Å². The number of fused-ring (bicyclic) bond motifs is 10. The van der Waals surface area contributed by atoms with Crippen molar-refractivity contribution in [2.24, 2.45) is 0 Å². The lowest BCUT2D eigenvalue weighted by Crippen LogP contribution is -2.68. The van der Waals surface area contributed by atoms with Gasteiger partial charge in [0.15, 0.2) is 0 Å². The van der Waals surface area contributed by atoms with Crippen LogP contribution in [0.5, 0.6) is 0 Å². The highest BCUT2D eigenvalue weighted by Gasteiger charge is 2.53. The minimum atomic E-state index is -0.618. The molecule has 9 aromatic carbocycles. The van der Waals surface area contributed by atoms with Crippen LogP contribution >= 0.6 is 11.8 Å². The van der Waals surface area contributed by atoms with Crippen molar-refractivity contribution in [1.29, 1.82) is 0 Å². The molecule has 13 rings (SSSR count). The van der Waals surface area contributed by atoms with Crippen molar-refractivity contribution in [2.45, 2.75) is 88.3 Å². The van der Waals surface area contributed by atoms with Crippen LogP contribution < -0.4 is 42.6 Å². The van der Waals surface area contributed by atoms with E-state index in [1.54, 1.807) is 11.8 Å². The first-order valence-corrected chi connectivity index (χ1v) is 26.5. The standard InChI is InChI=1S/C66H56B2F2N2S/c1-64(2,3)41-30-33-52-47(36-41)67-46-26-16-17-29-55(46)73-63-57(56-44(39-20-12-10-13-21-39)24-18-25-45(56)40-22-14-11-15-23-40)61-58-62(59(63)67)71(52)53-34-31-42(65(4,5)6)37-48(53)68(58)49-38-43(66(7,8)9)32-35-54(49)72(61)60-50(69)27-19-28-51(60)70/h10-38H,1-9H3. The molecule has 0 aliphatic carbocycles. The first kappa shape index (κ1) is 45.8. The molecule has 4 aliphatic heterocycles. The zero-order chi connectivity index (χ0) is 50.5. The molecule has 0 radical (unpaired) electrons. The summed E-state index contributed by atoms with van der Waals surface area (Å²) >= 11 is 1.80. The van der Waals surface area contributed by atoms with E-state index in [2.05, 4.69) is 225 Å². The number of halogens is 2. The van der Waals surface area contributed by atoms with Crippen molar-refractivity contribution >= 4 is 92.1 Å². The lowest BCUT2D eigenvalue weighted by molar-refractivity contribution is 0.585. The number of hydrogen-bond donors (Lipinski definition) is 0. The topological polar surface area (TPSA) is 6.48 Å². The summed E-state index contributed by atoms with van der Waals surface area (Å²) in [6, 6.07) is 62.1. The van der Waals surface area contributed by atoms with Gasteiger partial charge in [-0.2, -0.15) is 0 Å². The molecule has 0 saturated carbocycles. The van der Waals surface area contributed by atoms with E-state index in [0.29, 0.717) is 0 Å². The third kappa shape index (κ3) is 6.91. The molecule has 0 fully saturated rings. The molecule has 9 aromatic rings. The van der Waals surface area contributed by atoms with Crippen LogP contribution in [0.1, 0.15) is 79.0 Å². The van der Waals surface area contributed by atoms with Crippen LogP contribution in [0, 0.1) is 11.6 Å². The van der Waals surface area contributed by atoms with Crippen LogP contribution in [0.3, 0.4) is 0 Å². The molecule has 0 saturated heterocycles. The van der Waals surface area contributed by atoms with E-state index in [1.807, 2.05) is 4.90 Å². The normalized spacial score (nSPS) is 14.1. The Morgan fingerprint density at radius 3 is 1.32 bits per heavy atom. The summed E-state index contributed by atoms with van der Waals surface area (Å²) in [5, 5.41) is 0. The first-order chi connectivity index (χ1) is 35.0. The summed E-state index contributed by atoms with van der Waals surface area (Å²) in [6.45, 7) is 20.1. The molecule has 4 heterocycles. The third-order valence-corrected chi connectivity index (χ3v) is 17.1. The van der Waals surface area contributed by atoms with E-state index in [1.165, 1.54) is 56.1 Å². The summed E-state index contributed by atoms with van der Waals surface area (Å²) in [5.74, 6) is -1.24. The second-order valence-electron chi connectivity index (χ2n) is 23.5. The van der Waals surface area contributed by atoms with E-state index in [-0.39, 0.29) is 35.4 Å². The Bertz CT molecular complexity index is 3700. The van der Waals surface area contributed by atoms with Crippen molar-refractivity contribution < 1.29 is 8.78 Å². The highest BCUT2D eigenvalue weighted by molar-refractivity contribution is 8.00. The van der Waals surface area contributed by atoms with E-state index in [9.17, 15) is 0 Å². The minimum absolute atomic E-state index is 0.0848. The maximum atomic E-state index is 17.6. The number of nitrogens with zero attached hydrogens (tertiary/aromatic N) is 2. The Labute approximate surface area is 434 Å². The zero-order valence-electron chi connectivity index (χ0n) is 43.0. The Morgan fingerprint density at radius 2 is 0.822 bits per heavy atom. The van der Waals surface area contributed by atoms with Gasteiger partial charge in [-0.1, -0.05) is 219 Å².